The molecular weight excluding hydrogens is 240 g/mol. The zero-order chi connectivity index (χ0) is 14.1. The van der Waals surface area contributed by atoms with Gasteiger partial charge in [0.25, 0.3) is 0 Å². The Morgan fingerprint density at radius 1 is 1.26 bits per heavy atom. The molecule has 0 amide bonds. The lowest BCUT2D eigenvalue weighted by molar-refractivity contribution is 0.0949. The van der Waals surface area contributed by atoms with E-state index in [4.69, 9.17) is 9.15 Å². The highest BCUT2D eigenvalue weighted by atomic mass is 16.5. The summed E-state index contributed by atoms with van der Waals surface area (Å²) >= 11 is 0. The van der Waals surface area contributed by atoms with Crippen molar-refractivity contribution in [3.8, 4) is 0 Å². The highest BCUT2D eigenvalue weighted by molar-refractivity contribution is 5.19. The van der Waals surface area contributed by atoms with Gasteiger partial charge in [0.15, 0.2) is 0 Å². The van der Waals surface area contributed by atoms with E-state index in [1.807, 2.05) is 6.92 Å². The van der Waals surface area contributed by atoms with Gasteiger partial charge in [0.2, 0.25) is 0 Å². The molecule has 4 nitrogen and oxygen atoms in total. The van der Waals surface area contributed by atoms with Crippen LogP contribution in [0.3, 0.4) is 0 Å². The maximum atomic E-state index is 5.73. The minimum atomic E-state index is 0.642. The molecule has 0 radical (unpaired) electrons. The summed E-state index contributed by atoms with van der Waals surface area (Å²) in [6.07, 6.45) is 0. The van der Waals surface area contributed by atoms with E-state index in [2.05, 4.69) is 37.1 Å². The Morgan fingerprint density at radius 2 is 2.00 bits per heavy atom. The van der Waals surface area contributed by atoms with Crippen molar-refractivity contribution in [2.24, 2.45) is 0 Å². The summed E-state index contributed by atoms with van der Waals surface area (Å²) in [4.78, 5) is 2.36. The summed E-state index contributed by atoms with van der Waals surface area (Å²) in [5, 5.41) is 3.26. The second-order valence-electron chi connectivity index (χ2n) is 4.65. The van der Waals surface area contributed by atoms with Crippen molar-refractivity contribution in [1.82, 2.24) is 10.2 Å². The average molecular weight is 268 g/mol. The van der Waals surface area contributed by atoms with Crippen LogP contribution in [0.15, 0.2) is 10.5 Å². The Kier molecular flexibility index (Phi) is 7.79. The van der Waals surface area contributed by atoms with Crippen LogP contribution in [0.5, 0.6) is 0 Å². The Morgan fingerprint density at radius 3 is 2.63 bits per heavy atom. The minimum Gasteiger partial charge on any atom is -0.465 e. The first-order valence-electron chi connectivity index (χ1n) is 7.30. The molecular formula is C15H28N2O2. The first-order valence-corrected chi connectivity index (χ1v) is 7.30. The number of nitrogens with one attached hydrogen (secondary N) is 1. The van der Waals surface area contributed by atoms with Gasteiger partial charge in [-0.15, -0.1) is 0 Å². The van der Waals surface area contributed by atoms with Gasteiger partial charge in [0.1, 0.15) is 11.5 Å². The molecule has 1 aromatic rings. The van der Waals surface area contributed by atoms with Gasteiger partial charge in [-0.3, -0.25) is 0 Å². The van der Waals surface area contributed by atoms with Crippen LogP contribution in [0.25, 0.3) is 0 Å². The van der Waals surface area contributed by atoms with Crippen LogP contribution < -0.4 is 5.32 Å². The van der Waals surface area contributed by atoms with Crippen molar-refractivity contribution in [3.63, 3.8) is 0 Å². The number of likely N-dealkylation sites (N-methyl/N-ethyl adjacent to an activating group) is 1. The predicted molar refractivity (Wildman–Crippen MR) is 78.3 cm³/mol. The number of furan rings is 1. The zero-order valence-corrected chi connectivity index (χ0v) is 12.8. The molecule has 0 aromatic carbocycles. The molecule has 1 aromatic heterocycles. The lowest BCUT2D eigenvalue weighted by Crippen LogP contribution is -2.26. The van der Waals surface area contributed by atoms with Gasteiger partial charge >= 0.3 is 0 Å². The van der Waals surface area contributed by atoms with Crippen LogP contribution in [0, 0.1) is 6.92 Å². The summed E-state index contributed by atoms with van der Waals surface area (Å²) < 4.78 is 11.4. The summed E-state index contributed by atoms with van der Waals surface area (Å²) in [7, 11) is 0. The quantitative estimate of drug-likeness (QED) is 0.662. The number of hydrogen-bond donors (Lipinski definition) is 1. The third kappa shape index (κ3) is 5.76. The molecule has 4 heteroatoms. The van der Waals surface area contributed by atoms with E-state index in [-0.39, 0.29) is 0 Å². The van der Waals surface area contributed by atoms with Crippen molar-refractivity contribution in [3.05, 3.63) is 23.2 Å². The highest BCUT2D eigenvalue weighted by Gasteiger charge is 2.07. The second kappa shape index (κ2) is 9.13. The predicted octanol–water partition coefficient (Wildman–Crippen LogP) is 2.56. The van der Waals surface area contributed by atoms with Gasteiger partial charge in [-0.2, -0.15) is 0 Å². The lowest BCUT2D eigenvalue weighted by Gasteiger charge is -2.17. The highest BCUT2D eigenvalue weighted by Crippen LogP contribution is 2.15. The molecule has 0 aliphatic rings. The van der Waals surface area contributed by atoms with E-state index in [1.165, 1.54) is 0 Å². The number of hydrogen-bond acceptors (Lipinski definition) is 4. The van der Waals surface area contributed by atoms with Gasteiger partial charge in [-0.05, 0) is 32.6 Å². The molecule has 19 heavy (non-hydrogen) atoms. The maximum Gasteiger partial charge on any atom is 0.118 e. The number of ether oxygens (including phenoxy) is 1. The number of rotatable bonds is 10. The van der Waals surface area contributed by atoms with Crippen molar-refractivity contribution < 1.29 is 9.15 Å². The summed E-state index contributed by atoms with van der Waals surface area (Å²) in [5.74, 6) is 1.96. The zero-order valence-electron chi connectivity index (χ0n) is 12.8. The van der Waals surface area contributed by atoms with Gasteiger partial charge in [-0.1, -0.05) is 20.8 Å². The Labute approximate surface area is 117 Å². The lowest BCUT2D eigenvalue weighted by atomic mass is 10.2. The SMILES string of the molecule is CCNCc1cc(COCCN(CC)CC)c(C)o1. The van der Waals surface area contributed by atoms with E-state index < -0.39 is 0 Å². The summed E-state index contributed by atoms with van der Waals surface area (Å²) in [5.41, 5.74) is 1.16. The molecule has 0 bridgehead atoms. The molecule has 1 heterocycles. The molecule has 0 unspecified atom stereocenters. The Hall–Kier alpha value is -0.840. The fraction of sp³-hybridized carbons (Fsp3) is 0.733. The first-order chi connectivity index (χ1) is 9.21. The Bertz CT molecular complexity index is 346. The van der Waals surface area contributed by atoms with Crippen LogP contribution in [-0.2, 0) is 17.9 Å². The van der Waals surface area contributed by atoms with Gasteiger partial charge in [-0.25, -0.2) is 0 Å². The van der Waals surface area contributed by atoms with E-state index in [1.54, 1.807) is 0 Å². The van der Waals surface area contributed by atoms with Crippen LogP contribution in [0.1, 0.15) is 37.9 Å². The minimum absolute atomic E-state index is 0.642. The Balaban J connectivity index is 2.30. The van der Waals surface area contributed by atoms with Crippen LogP contribution in [-0.4, -0.2) is 37.7 Å². The smallest absolute Gasteiger partial charge is 0.118 e. The molecule has 0 atom stereocenters. The monoisotopic (exact) mass is 268 g/mol. The molecule has 0 saturated heterocycles. The standard InChI is InChI=1S/C15H28N2O2/c1-5-16-11-15-10-14(13(4)19-15)12-18-9-8-17(6-2)7-3/h10,16H,5-9,11-12H2,1-4H3. The van der Waals surface area contributed by atoms with E-state index in [9.17, 15) is 0 Å². The fourth-order valence-electron chi connectivity index (χ4n) is 1.98. The molecule has 0 aliphatic heterocycles. The topological polar surface area (TPSA) is 37.6 Å². The van der Waals surface area contributed by atoms with Crippen molar-refractivity contribution in [2.45, 2.75) is 40.8 Å². The largest absolute Gasteiger partial charge is 0.465 e. The van der Waals surface area contributed by atoms with E-state index >= 15 is 0 Å². The molecule has 0 aliphatic carbocycles. The first kappa shape index (κ1) is 16.2. The van der Waals surface area contributed by atoms with E-state index in [0.29, 0.717) is 6.61 Å². The van der Waals surface area contributed by atoms with Gasteiger partial charge in [0, 0.05) is 12.1 Å². The van der Waals surface area contributed by atoms with Crippen molar-refractivity contribution >= 4 is 0 Å². The summed E-state index contributed by atoms with van der Waals surface area (Å²) in [6, 6.07) is 2.09. The third-order valence-corrected chi connectivity index (χ3v) is 3.32. The third-order valence-electron chi connectivity index (χ3n) is 3.32. The van der Waals surface area contributed by atoms with Crippen LogP contribution >= 0.6 is 0 Å². The van der Waals surface area contributed by atoms with Gasteiger partial charge < -0.3 is 19.4 Å². The average Bonchev–Trinajstić information content (AvgIpc) is 2.77. The molecule has 110 valence electrons. The van der Waals surface area contributed by atoms with Crippen molar-refractivity contribution in [1.29, 1.82) is 0 Å². The molecule has 0 fully saturated rings. The number of nitrogens with zero attached hydrogens (tertiary/aromatic N) is 1. The molecule has 0 spiro atoms. The summed E-state index contributed by atoms with van der Waals surface area (Å²) in [6.45, 7) is 14.8. The number of aryl methyl sites for hydroxylation is 1. The molecule has 1 N–H and O–H groups in total. The van der Waals surface area contributed by atoms with Crippen molar-refractivity contribution in [2.75, 3.05) is 32.8 Å². The van der Waals surface area contributed by atoms with Gasteiger partial charge in [0.05, 0.1) is 19.8 Å². The fourth-order valence-corrected chi connectivity index (χ4v) is 1.98. The van der Waals surface area contributed by atoms with Crippen LogP contribution in [0.4, 0.5) is 0 Å². The molecule has 0 saturated carbocycles. The second-order valence-corrected chi connectivity index (χ2v) is 4.65. The maximum absolute atomic E-state index is 5.73. The normalized spacial score (nSPS) is 11.4. The van der Waals surface area contributed by atoms with Crippen LogP contribution in [0.2, 0.25) is 0 Å². The molecule has 1 rings (SSSR count). The van der Waals surface area contributed by atoms with E-state index in [0.717, 1.165) is 56.4 Å².